The Bertz CT molecular complexity index is 3890. The van der Waals surface area contributed by atoms with Crippen molar-refractivity contribution in [3.05, 3.63) is 249 Å². The summed E-state index contributed by atoms with van der Waals surface area (Å²) in [5, 5.41) is 6.98. The van der Waals surface area contributed by atoms with Crippen LogP contribution >= 0.6 is 11.3 Å². The first-order valence-corrected chi connectivity index (χ1v) is 23.6. The van der Waals surface area contributed by atoms with E-state index in [1.807, 2.05) is 11.3 Å². The molecule has 0 N–H and O–H groups in total. The minimum atomic E-state index is 0.856. The van der Waals surface area contributed by atoms with Crippen molar-refractivity contribution in [2.75, 3.05) is 4.90 Å². The number of hydrogen-bond acceptors (Lipinski definition) is 3. The molecule has 0 saturated carbocycles. The zero-order chi connectivity index (χ0) is 44.3. The molecule has 0 saturated heterocycles. The molecule has 13 aromatic rings. The second-order valence-corrected chi connectivity index (χ2v) is 18.2. The van der Waals surface area contributed by atoms with Crippen molar-refractivity contribution in [1.82, 2.24) is 0 Å². The maximum absolute atomic E-state index is 6.96. The summed E-state index contributed by atoms with van der Waals surface area (Å²) < 4.78 is 9.50. The lowest BCUT2D eigenvalue weighted by molar-refractivity contribution is 0.672. The van der Waals surface area contributed by atoms with E-state index in [1.165, 1.54) is 81.2 Å². The van der Waals surface area contributed by atoms with Crippen molar-refractivity contribution < 1.29 is 4.42 Å². The normalized spacial score (nSPS) is 11.6. The van der Waals surface area contributed by atoms with Crippen molar-refractivity contribution in [2.45, 2.75) is 0 Å². The lowest BCUT2D eigenvalue weighted by Crippen LogP contribution is -2.10. The quantitative estimate of drug-likeness (QED) is 0.151. The third kappa shape index (κ3) is 6.71. The standard InChI is InChI=1S/C64H41NOS/c1-5-18-42(19-6-1)45-34-36-50(37-35-45)65(49-24-11-4-12-25-49)58-31-17-32-59-62(58)57-41-56(52-26-13-14-27-53(52)63(57)66-59)54-29-15-30-55-61-51(28-16-33-60(61)67-64(54)55)48-39-46(43-20-7-2-8-21-43)38-47(40-48)44-22-9-3-10-23-44/h1-41H. The molecule has 0 fully saturated rings. The predicted molar refractivity (Wildman–Crippen MR) is 286 cm³/mol. The van der Waals surface area contributed by atoms with Gasteiger partial charge in [-0.2, -0.15) is 0 Å². The largest absolute Gasteiger partial charge is 0.455 e. The third-order valence-electron chi connectivity index (χ3n) is 13.2. The fraction of sp³-hybridized carbons (Fsp3) is 0. The molecule has 67 heavy (non-hydrogen) atoms. The number of rotatable bonds is 8. The van der Waals surface area contributed by atoms with Crippen molar-refractivity contribution in [3.63, 3.8) is 0 Å². The van der Waals surface area contributed by atoms with Gasteiger partial charge >= 0.3 is 0 Å². The number of benzene rings is 11. The van der Waals surface area contributed by atoms with Crippen LogP contribution in [0.4, 0.5) is 17.1 Å². The van der Waals surface area contributed by atoms with Gasteiger partial charge in [0.15, 0.2) is 0 Å². The Kier molecular flexibility index (Phi) is 9.40. The summed E-state index contributed by atoms with van der Waals surface area (Å²) in [6.45, 7) is 0. The molecule has 0 bridgehead atoms. The molecule has 0 atom stereocenters. The van der Waals surface area contributed by atoms with Gasteiger partial charge < -0.3 is 9.32 Å². The molecule has 2 aromatic heterocycles. The first-order valence-electron chi connectivity index (χ1n) is 22.8. The van der Waals surface area contributed by atoms with E-state index >= 15 is 0 Å². The fourth-order valence-electron chi connectivity index (χ4n) is 10.2. The first-order chi connectivity index (χ1) is 33.2. The van der Waals surface area contributed by atoms with Crippen molar-refractivity contribution in [1.29, 1.82) is 0 Å². The smallest absolute Gasteiger partial charge is 0.143 e. The van der Waals surface area contributed by atoms with E-state index < -0.39 is 0 Å². The minimum Gasteiger partial charge on any atom is -0.455 e. The van der Waals surface area contributed by atoms with Crippen LogP contribution in [0.2, 0.25) is 0 Å². The zero-order valence-electron chi connectivity index (χ0n) is 36.4. The Morgan fingerprint density at radius 1 is 0.313 bits per heavy atom. The second-order valence-electron chi connectivity index (χ2n) is 17.2. The third-order valence-corrected chi connectivity index (χ3v) is 14.4. The minimum absolute atomic E-state index is 0.856. The van der Waals surface area contributed by atoms with E-state index in [2.05, 4.69) is 254 Å². The number of fused-ring (bicyclic) bond motifs is 8. The molecule has 11 aromatic carbocycles. The average molecular weight is 872 g/mol. The molecule has 2 nitrogen and oxygen atoms in total. The van der Waals surface area contributed by atoms with Gasteiger partial charge in [0.2, 0.25) is 0 Å². The number of nitrogens with zero attached hydrogens (tertiary/aromatic N) is 1. The van der Waals surface area contributed by atoms with Crippen LogP contribution in [0.15, 0.2) is 253 Å². The molecule has 13 rings (SSSR count). The summed E-state index contributed by atoms with van der Waals surface area (Å²) in [6, 6.07) is 89.9. The van der Waals surface area contributed by atoms with Gasteiger partial charge in [-0.05, 0) is 122 Å². The highest BCUT2D eigenvalue weighted by molar-refractivity contribution is 7.26. The second kappa shape index (κ2) is 16.2. The first kappa shape index (κ1) is 38.9. The van der Waals surface area contributed by atoms with Gasteiger partial charge in [0, 0.05) is 47.9 Å². The number of furan rings is 1. The number of hydrogen-bond donors (Lipinski definition) is 0. The summed E-state index contributed by atoms with van der Waals surface area (Å²) in [7, 11) is 0. The van der Waals surface area contributed by atoms with Crippen molar-refractivity contribution in [2.24, 2.45) is 0 Å². The molecule has 0 spiro atoms. The molecule has 0 aliphatic rings. The molecule has 314 valence electrons. The van der Waals surface area contributed by atoms with Crippen LogP contribution in [0.5, 0.6) is 0 Å². The topological polar surface area (TPSA) is 16.4 Å². The number of para-hydroxylation sites is 1. The molecule has 0 amide bonds. The Labute approximate surface area is 392 Å². The Morgan fingerprint density at radius 3 is 1.52 bits per heavy atom. The summed E-state index contributed by atoms with van der Waals surface area (Å²) in [5.74, 6) is 0. The molecule has 0 unspecified atom stereocenters. The van der Waals surface area contributed by atoms with Crippen LogP contribution in [-0.4, -0.2) is 0 Å². The van der Waals surface area contributed by atoms with E-state index in [0.717, 1.165) is 44.4 Å². The molecule has 2 heterocycles. The van der Waals surface area contributed by atoms with Gasteiger partial charge in [-0.25, -0.2) is 0 Å². The number of thiophene rings is 1. The Hall–Kier alpha value is -8.50. The lowest BCUT2D eigenvalue weighted by Gasteiger charge is -2.26. The van der Waals surface area contributed by atoms with Crippen LogP contribution in [0.1, 0.15) is 0 Å². The van der Waals surface area contributed by atoms with E-state index in [1.54, 1.807) is 0 Å². The van der Waals surface area contributed by atoms with Gasteiger partial charge in [0.05, 0.1) is 11.1 Å². The summed E-state index contributed by atoms with van der Waals surface area (Å²) in [6.07, 6.45) is 0. The van der Waals surface area contributed by atoms with Crippen LogP contribution in [0.25, 0.3) is 109 Å². The van der Waals surface area contributed by atoms with Crippen molar-refractivity contribution >= 4 is 81.3 Å². The molecular weight excluding hydrogens is 831 g/mol. The summed E-state index contributed by atoms with van der Waals surface area (Å²) >= 11 is 1.88. The van der Waals surface area contributed by atoms with E-state index in [0.29, 0.717) is 0 Å². The van der Waals surface area contributed by atoms with E-state index in [9.17, 15) is 0 Å². The predicted octanol–water partition coefficient (Wildman–Crippen LogP) is 18.9. The van der Waals surface area contributed by atoms with Gasteiger partial charge in [0.25, 0.3) is 0 Å². The van der Waals surface area contributed by atoms with E-state index in [-0.39, 0.29) is 0 Å². The zero-order valence-corrected chi connectivity index (χ0v) is 37.3. The van der Waals surface area contributed by atoms with Crippen molar-refractivity contribution in [3.8, 4) is 55.6 Å². The van der Waals surface area contributed by atoms with Crippen LogP contribution in [0, 0.1) is 0 Å². The van der Waals surface area contributed by atoms with Gasteiger partial charge in [-0.1, -0.05) is 182 Å². The lowest BCUT2D eigenvalue weighted by atomic mass is 9.91. The highest BCUT2D eigenvalue weighted by Gasteiger charge is 2.23. The maximum atomic E-state index is 6.96. The SMILES string of the molecule is c1ccc(-c2ccc(N(c3ccccc3)c3cccc4oc5c6ccccc6c(-c6cccc7c6sc6cccc(-c8cc(-c9ccccc9)cc(-c9ccccc9)c8)c67)cc5c34)cc2)cc1. The van der Waals surface area contributed by atoms with Gasteiger partial charge in [-0.3, -0.25) is 0 Å². The summed E-state index contributed by atoms with van der Waals surface area (Å²) in [5.41, 5.74) is 17.0. The monoisotopic (exact) mass is 871 g/mol. The average Bonchev–Trinajstić information content (AvgIpc) is 3.99. The molecule has 3 heteroatoms. The molecule has 0 aliphatic carbocycles. The highest BCUT2D eigenvalue weighted by atomic mass is 32.1. The van der Waals surface area contributed by atoms with Gasteiger partial charge in [-0.15, -0.1) is 11.3 Å². The fourth-order valence-corrected chi connectivity index (χ4v) is 11.4. The molecule has 0 radical (unpaired) electrons. The van der Waals surface area contributed by atoms with Crippen LogP contribution in [-0.2, 0) is 0 Å². The summed E-state index contributed by atoms with van der Waals surface area (Å²) in [4.78, 5) is 2.37. The van der Waals surface area contributed by atoms with Crippen LogP contribution in [0.3, 0.4) is 0 Å². The molecule has 0 aliphatic heterocycles. The Balaban J connectivity index is 1.02. The molecular formula is C64H41NOS. The highest BCUT2D eigenvalue weighted by Crippen LogP contribution is 2.50. The number of anilines is 3. The van der Waals surface area contributed by atoms with E-state index in [4.69, 9.17) is 4.42 Å². The van der Waals surface area contributed by atoms with Crippen LogP contribution < -0.4 is 4.90 Å². The maximum Gasteiger partial charge on any atom is 0.143 e. The van der Waals surface area contributed by atoms with Gasteiger partial charge in [0.1, 0.15) is 11.2 Å². The Morgan fingerprint density at radius 2 is 0.836 bits per heavy atom.